The van der Waals surface area contributed by atoms with Gasteiger partial charge >= 0.3 is 0 Å². The van der Waals surface area contributed by atoms with Gasteiger partial charge in [-0.25, -0.2) is 0 Å². The highest BCUT2D eigenvalue weighted by Crippen LogP contribution is 2.32. The summed E-state index contributed by atoms with van der Waals surface area (Å²) in [6.07, 6.45) is 2.85. The Morgan fingerprint density at radius 2 is 1.88 bits per heavy atom. The van der Waals surface area contributed by atoms with Gasteiger partial charge in [-0.05, 0) is 23.6 Å². The van der Waals surface area contributed by atoms with E-state index >= 15 is 0 Å². The summed E-state index contributed by atoms with van der Waals surface area (Å²) < 4.78 is 12.8. The second-order valence-corrected chi connectivity index (χ2v) is 6.54. The first kappa shape index (κ1) is 16.5. The Kier molecular flexibility index (Phi) is 4.29. The maximum atomic E-state index is 12.9. The van der Waals surface area contributed by atoms with Crippen LogP contribution in [0.2, 0.25) is 0 Å². The molecule has 1 aliphatic rings. The monoisotopic (exact) mass is 350 g/mol. The van der Waals surface area contributed by atoms with Crippen molar-refractivity contribution < 1.29 is 14.3 Å². The van der Waals surface area contributed by atoms with Gasteiger partial charge in [0.25, 0.3) is 0 Å². The van der Waals surface area contributed by atoms with Gasteiger partial charge in [0.2, 0.25) is 5.91 Å². The van der Waals surface area contributed by atoms with Gasteiger partial charge in [0.1, 0.15) is 18.0 Å². The van der Waals surface area contributed by atoms with Gasteiger partial charge in [-0.2, -0.15) is 0 Å². The minimum absolute atomic E-state index is 0.124. The number of fused-ring (bicyclic) bond motifs is 2. The summed E-state index contributed by atoms with van der Waals surface area (Å²) in [5.74, 6) is 1.59. The van der Waals surface area contributed by atoms with E-state index in [1.807, 2.05) is 39.9 Å². The maximum absolute atomic E-state index is 12.9. The molecule has 2 heterocycles. The van der Waals surface area contributed by atoms with E-state index in [0.29, 0.717) is 18.8 Å². The maximum Gasteiger partial charge on any atom is 0.242 e. The number of nitrogens with zero attached hydrogens (tertiary/aromatic N) is 2. The van der Waals surface area contributed by atoms with Gasteiger partial charge in [-0.1, -0.05) is 24.3 Å². The minimum atomic E-state index is 0.124. The molecule has 0 saturated carbocycles. The fourth-order valence-corrected chi connectivity index (χ4v) is 3.62. The summed E-state index contributed by atoms with van der Waals surface area (Å²) in [5, 5.41) is 0.977. The number of carbonyl (C=O) groups is 1. The van der Waals surface area contributed by atoms with Crippen molar-refractivity contribution in [2.24, 2.45) is 0 Å². The zero-order chi connectivity index (χ0) is 18.1. The molecule has 3 aromatic rings. The van der Waals surface area contributed by atoms with Crippen molar-refractivity contribution in [2.45, 2.75) is 19.5 Å². The normalized spacial score (nSPS) is 13.5. The van der Waals surface area contributed by atoms with Gasteiger partial charge in [0, 0.05) is 36.8 Å². The quantitative estimate of drug-likeness (QED) is 0.725. The lowest BCUT2D eigenvalue weighted by Gasteiger charge is -2.29. The van der Waals surface area contributed by atoms with Gasteiger partial charge < -0.3 is 18.9 Å². The Balaban J connectivity index is 1.59. The second kappa shape index (κ2) is 6.75. The highest BCUT2D eigenvalue weighted by atomic mass is 16.5. The SMILES string of the molecule is COc1cc(OC)c2ccn(CC(=O)N3CCc4ccccc4C3)c2c1. The Labute approximate surface area is 152 Å². The molecule has 0 N–H and O–H groups in total. The van der Waals surface area contributed by atoms with Crippen LogP contribution in [0.4, 0.5) is 0 Å². The van der Waals surface area contributed by atoms with Crippen LogP contribution in [0.3, 0.4) is 0 Å². The third kappa shape index (κ3) is 2.90. The fraction of sp³-hybridized carbons (Fsp3) is 0.286. The lowest BCUT2D eigenvalue weighted by Crippen LogP contribution is -2.37. The van der Waals surface area contributed by atoms with E-state index in [4.69, 9.17) is 9.47 Å². The number of rotatable bonds is 4. The molecule has 26 heavy (non-hydrogen) atoms. The van der Waals surface area contributed by atoms with Crippen molar-refractivity contribution in [3.05, 3.63) is 59.8 Å². The summed E-state index contributed by atoms with van der Waals surface area (Å²) in [4.78, 5) is 14.8. The molecular weight excluding hydrogens is 328 g/mol. The number of aromatic nitrogens is 1. The molecule has 0 radical (unpaired) electrons. The average Bonchev–Trinajstić information content (AvgIpc) is 3.09. The molecule has 1 amide bonds. The molecule has 5 heteroatoms. The first-order chi connectivity index (χ1) is 12.7. The van der Waals surface area contributed by atoms with E-state index < -0.39 is 0 Å². The van der Waals surface area contributed by atoms with E-state index in [1.54, 1.807) is 14.2 Å². The van der Waals surface area contributed by atoms with Crippen molar-refractivity contribution in [3.8, 4) is 11.5 Å². The third-order valence-corrected chi connectivity index (χ3v) is 5.07. The average molecular weight is 350 g/mol. The van der Waals surface area contributed by atoms with Crippen LogP contribution < -0.4 is 9.47 Å². The van der Waals surface area contributed by atoms with Crippen molar-refractivity contribution >= 4 is 16.8 Å². The van der Waals surface area contributed by atoms with Crippen LogP contribution in [0.1, 0.15) is 11.1 Å². The van der Waals surface area contributed by atoms with Crippen LogP contribution in [0, 0.1) is 0 Å². The molecule has 1 aromatic heterocycles. The second-order valence-electron chi connectivity index (χ2n) is 6.54. The number of carbonyl (C=O) groups excluding carboxylic acids is 1. The van der Waals surface area contributed by atoms with Crippen LogP contribution in [0.5, 0.6) is 11.5 Å². The molecular formula is C21H22N2O3. The molecule has 0 saturated heterocycles. The first-order valence-electron chi connectivity index (χ1n) is 8.75. The highest BCUT2D eigenvalue weighted by Gasteiger charge is 2.21. The molecule has 0 aliphatic carbocycles. The Morgan fingerprint density at radius 1 is 1.08 bits per heavy atom. The molecule has 2 aromatic carbocycles. The van der Waals surface area contributed by atoms with Crippen molar-refractivity contribution in [1.29, 1.82) is 0 Å². The number of amides is 1. The number of ether oxygens (including phenoxy) is 2. The smallest absolute Gasteiger partial charge is 0.242 e. The summed E-state index contributed by atoms with van der Waals surface area (Å²) in [7, 11) is 3.27. The molecule has 0 fully saturated rings. The zero-order valence-electron chi connectivity index (χ0n) is 15.1. The molecule has 0 spiro atoms. The molecule has 0 atom stereocenters. The van der Waals surface area contributed by atoms with E-state index in [1.165, 1.54) is 11.1 Å². The molecule has 4 rings (SSSR count). The summed E-state index contributed by atoms with van der Waals surface area (Å²) >= 11 is 0. The van der Waals surface area contributed by atoms with Crippen LogP contribution in [-0.4, -0.2) is 36.1 Å². The summed E-state index contributed by atoms with van der Waals surface area (Å²) in [6, 6.07) is 14.1. The van der Waals surface area contributed by atoms with Gasteiger partial charge in [0.05, 0.1) is 19.7 Å². The largest absolute Gasteiger partial charge is 0.497 e. The van der Waals surface area contributed by atoms with Crippen LogP contribution in [0.15, 0.2) is 48.7 Å². The predicted molar refractivity (Wildman–Crippen MR) is 101 cm³/mol. The van der Waals surface area contributed by atoms with Crippen molar-refractivity contribution in [2.75, 3.05) is 20.8 Å². The lowest BCUT2D eigenvalue weighted by molar-refractivity contribution is -0.132. The van der Waals surface area contributed by atoms with Gasteiger partial charge in [-0.3, -0.25) is 4.79 Å². The van der Waals surface area contributed by atoms with Crippen molar-refractivity contribution in [1.82, 2.24) is 9.47 Å². The fourth-order valence-electron chi connectivity index (χ4n) is 3.62. The summed E-state index contributed by atoms with van der Waals surface area (Å²) in [6.45, 7) is 1.75. The molecule has 1 aliphatic heterocycles. The number of benzene rings is 2. The Morgan fingerprint density at radius 3 is 2.65 bits per heavy atom. The van der Waals surface area contributed by atoms with Gasteiger partial charge in [-0.15, -0.1) is 0 Å². The van der Waals surface area contributed by atoms with Crippen LogP contribution in [-0.2, 0) is 24.3 Å². The topological polar surface area (TPSA) is 43.7 Å². The van der Waals surface area contributed by atoms with Crippen LogP contribution in [0.25, 0.3) is 10.9 Å². The van der Waals surface area contributed by atoms with E-state index in [-0.39, 0.29) is 5.91 Å². The van der Waals surface area contributed by atoms with Gasteiger partial charge in [0.15, 0.2) is 0 Å². The zero-order valence-corrected chi connectivity index (χ0v) is 15.1. The number of hydrogen-bond acceptors (Lipinski definition) is 3. The molecule has 134 valence electrons. The third-order valence-electron chi connectivity index (χ3n) is 5.07. The van der Waals surface area contributed by atoms with E-state index in [9.17, 15) is 4.79 Å². The Hall–Kier alpha value is -2.95. The van der Waals surface area contributed by atoms with Crippen molar-refractivity contribution in [3.63, 3.8) is 0 Å². The molecule has 5 nitrogen and oxygen atoms in total. The predicted octanol–water partition coefficient (Wildman–Crippen LogP) is 3.24. The van der Waals surface area contributed by atoms with E-state index in [0.717, 1.165) is 29.6 Å². The minimum Gasteiger partial charge on any atom is -0.497 e. The van der Waals surface area contributed by atoms with Crippen LogP contribution >= 0.6 is 0 Å². The molecule has 0 unspecified atom stereocenters. The number of methoxy groups -OCH3 is 2. The van der Waals surface area contributed by atoms with E-state index in [2.05, 4.69) is 18.2 Å². The lowest BCUT2D eigenvalue weighted by atomic mass is 10.00. The molecule has 0 bridgehead atoms. The Bertz CT molecular complexity index is 961. The first-order valence-corrected chi connectivity index (χ1v) is 8.75. The summed E-state index contributed by atoms with van der Waals surface area (Å²) in [5.41, 5.74) is 3.53. The number of hydrogen-bond donors (Lipinski definition) is 0. The highest BCUT2D eigenvalue weighted by molar-refractivity contribution is 5.89. The standard InChI is InChI=1S/C21H22N2O3/c1-25-17-11-19-18(20(12-17)26-2)8-10-22(19)14-21(24)23-9-7-15-5-3-4-6-16(15)13-23/h3-6,8,10-12H,7,9,13-14H2,1-2H3.